The molecule has 160 valence electrons. The minimum Gasteiger partial charge on any atom is -0.489 e. The Hall–Kier alpha value is -3.25. The van der Waals surface area contributed by atoms with Gasteiger partial charge in [-0.05, 0) is 60.4 Å². The number of benzene rings is 2. The smallest absolute Gasteiger partial charge is 0.254 e. The molecule has 1 saturated heterocycles. The first-order valence-corrected chi connectivity index (χ1v) is 10.4. The quantitative estimate of drug-likeness (QED) is 0.534. The van der Waals surface area contributed by atoms with Gasteiger partial charge in [0.1, 0.15) is 18.2 Å². The van der Waals surface area contributed by atoms with Crippen LogP contribution >= 0.6 is 0 Å². The number of halogens is 1. The first-order chi connectivity index (χ1) is 15.2. The van der Waals surface area contributed by atoms with Crippen LogP contribution in [0.5, 0.6) is 5.75 Å². The van der Waals surface area contributed by atoms with E-state index in [1.807, 2.05) is 35.2 Å². The first kappa shape index (κ1) is 21.0. The summed E-state index contributed by atoms with van der Waals surface area (Å²) in [6.07, 6.45) is 5.32. The molecule has 4 rings (SSSR count). The highest BCUT2D eigenvalue weighted by Gasteiger charge is 2.23. The second-order valence-electron chi connectivity index (χ2n) is 7.62. The summed E-state index contributed by atoms with van der Waals surface area (Å²) in [5, 5.41) is 0. The van der Waals surface area contributed by atoms with Crippen LogP contribution in [-0.4, -0.2) is 35.0 Å². The summed E-state index contributed by atoms with van der Waals surface area (Å²) in [6.45, 7) is 2.08. The third-order valence-corrected chi connectivity index (χ3v) is 5.25. The average molecular weight is 420 g/mol. The SMILES string of the molecule is O=C(c1ccncc1)N(Cc1ccc(OCc2cccc(F)c2)cc1)C[C@@H]1CCCO1. The number of carbonyl (C=O) groups excluding carboxylic acids is 1. The second kappa shape index (κ2) is 10.2. The minimum atomic E-state index is -0.276. The Morgan fingerprint density at radius 3 is 2.61 bits per heavy atom. The van der Waals surface area contributed by atoms with Gasteiger partial charge in [0.25, 0.3) is 5.91 Å². The topological polar surface area (TPSA) is 51.7 Å². The summed E-state index contributed by atoms with van der Waals surface area (Å²) in [5.74, 6) is 0.380. The molecular formula is C25H25FN2O3. The molecule has 2 aromatic carbocycles. The molecule has 3 aromatic rings. The van der Waals surface area contributed by atoms with Crippen LogP contribution in [0.1, 0.15) is 34.3 Å². The zero-order valence-corrected chi connectivity index (χ0v) is 17.2. The van der Waals surface area contributed by atoms with Gasteiger partial charge in [0.05, 0.1) is 6.10 Å². The average Bonchev–Trinajstić information content (AvgIpc) is 3.31. The monoisotopic (exact) mass is 420 g/mol. The Morgan fingerprint density at radius 2 is 1.90 bits per heavy atom. The van der Waals surface area contributed by atoms with Gasteiger partial charge in [0.2, 0.25) is 0 Å². The van der Waals surface area contributed by atoms with E-state index >= 15 is 0 Å². The fraction of sp³-hybridized carbons (Fsp3) is 0.280. The van der Waals surface area contributed by atoms with Crippen LogP contribution in [0.25, 0.3) is 0 Å². The molecule has 0 saturated carbocycles. The summed E-state index contributed by atoms with van der Waals surface area (Å²) in [6, 6.07) is 17.5. The van der Waals surface area contributed by atoms with Crippen LogP contribution in [0.2, 0.25) is 0 Å². The first-order valence-electron chi connectivity index (χ1n) is 10.4. The number of aromatic nitrogens is 1. The zero-order valence-electron chi connectivity index (χ0n) is 17.2. The molecule has 0 spiro atoms. The minimum absolute atomic E-state index is 0.0377. The lowest BCUT2D eigenvalue weighted by Crippen LogP contribution is -2.37. The molecule has 0 radical (unpaired) electrons. The summed E-state index contributed by atoms with van der Waals surface area (Å²) in [4.78, 5) is 18.9. The lowest BCUT2D eigenvalue weighted by atomic mass is 10.1. The van der Waals surface area contributed by atoms with E-state index in [1.165, 1.54) is 12.1 Å². The van der Waals surface area contributed by atoms with Gasteiger partial charge in [-0.1, -0.05) is 24.3 Å². The number of hydrogen-bond acceptors (Lipinski definition) is 4. The van der Waals surface area contributed by atoms with E-state index in [2.05, 4.69) is 4.98 Å². The molecule has 1 atom stereocenters. The number of nitrogens with zero attached hydrogens (tertiary/aromatic N) is 2. The van der Waals surface area contributed by atoms with Gasteiger partial charge >= 0.3 is 0 Å². The van der Waals surface area contributed by atoms with Crippen molar-refractivity contribution in [3.8, 4) is 5.75 Å². The third kappa shape index (κ3) is 5.89. The zero-order chi connectivity index (χ0) is 21.5. The number of ether oxygens (including phenoxy) is 2. The normalized spacial score (nSPS) is 15.6. The molecule has 31 heavy (non-hydrogen) atoms. The van der Waals surface area contributed by atoms with Crippen LogP contribution in [-0.2, 0) is 17.9 Å². The van der Waals surface area contributed by atoms with Crippen molar-refractivity contribution in [3.63, 3.8) is 0 Å². The van der Waals surface area contributed by atoms with E-state index in [-0.39, 0.29) is 17.8 Å². The Labute approximate surface area is 181 Å². The van der Waals surface area contributed by atoms with Gasteiger partial charge in [-0.2, -0.15) is 0 Å². The van der Waals surface area contributed by atoms with Crippen molar-refractivity contribution in [2.75, 3.05) is 13.2 Å². The Bertz CT molecular complexity index is 989. The summed E-state index contributed by atoms with van der Waals surface area (Å²) >= 11 is 0. The van der Waals surface area contributed by atoms with Crippen molar-refractivity contribution >= 4 is 5.91 Å². The van der Waals surface area contributed by atoms with E-state index in [9.17, 15) is 9.18 Å². The Morgan fingerprint density at radius 1 is 1.10 bits per heavy atom. The predicted octanol–water partition coefficient (Wildman–Crippen LogP) is 4.62. The van der Waals surface area contributed by atoms with Crippen LogP contribution in [0.4, 0.5) is 4.39 Å². The fourth-order valence-electron chi connectivity index (χ4n) is 3.64. The second-order valence-corrected chi connectivity index (χ2v) is 7.62. The van der Waals surface area contributed by atoms with E-state index in [0.717, 1.165) is 30.6 Å². The van der Waals surface area contributed by atoms with Crippen molar-refractivity contribution in [2.45, 2.75) is 32.1 Å². The molecular weight excluding hydrogens is 395 g/mol. The van der Waals surface area contributed by atoms with Gasteiger partial charge in [0.15, 0.2) is 0 Å². The predicted molar refractivity (Wildman–Crippen MR) is 115 cm³/mol. The lowest BCUT2D eigenvalue weighted by Gasteiger charge is -2.26. The molecule has 1 aliphatic rings. The molecule has 6 heteroatoms. The summed E-state index contributed by atoms with van der Waals surface area (Å²) in [7, 11) is 0. The van der Waals surface area contributed by atoms with Crippen LogP contribution in [0, 0.1) is 5.82 Å². The molecule has 1 aliphatic heterocycles. The largest absolute Gasteiger partial charge is 0.489 e. The maximum Gasteiger partial charge on any atom is 0.254 e. The third-order valence-electron chi connectivity index (χ3n) is 5.25. The molecule has 0 N–H and O–H groups in total. The van der Waals surface area contributed by atoms with Crippen molar-refractivity contribution in [1.82, 2.24) is 9.88 Å². The van der Waals surface area contributed by atoms with Crippen LogP contribution in [0.3, 0.4) is 0 Å². The van der Waals surface area contributed by atoms with Crippen LogP contribution < -0.4 is 4.74 Å². The standard InChI is InChI=1S/C25H25FN2O3/c26-22-4-1-3-20(15-22)18-31-23-8-6-19(7-9-23)16-28(17-24-5-2-14-30-24)25(29)21-10-12-27-13-11-21/h1,3-4,6-13,15,24H,2,5,14,16-18H2/t24-/m0/s1. The number of pyridine rings is 1. The van der Waals surface area contributed by atoms with Gasteiger partial charge in [-0.3, -0.25) is 9.78 Å². The highest BCUT2D eigenvalue weighted by Crippen LogP contribution is 2.19. The molecule has 1 fully saturated rings. The van der Waals surface area contributed by atoms with Crippen molar-refractivity contribution in [2.24, 2.45) is 0 Å². The molecule has 5 nitrogen and oxygen atoms in total. The van der Waals surface area contributed by atoms with E-state index in [0.29, 0.717) is 31.0 Å². The van der Waals surface area contributed by atoms with Crippen molar-refractivity contribution in [3.05, 3.63) is 95.6 Å². The van der Waals surface area contributed by atoms with Crippen LogP contribution in [0.15, 0.2) is 73.1 Å². The van der Waals surface area contributed by atoms with E-state index in [4.69, 9.17) is 9.47 Å². The molecule has 2 heterocycles. The maximum atomic E-state index is 13.3. The lowest BCUT2D eigenvalue weighted by molar-refractivity contribution is 0.0507. The number of rotatable bonds is 8. The number of amides is 1. The highest BCUT2D eigenvalue weighted by molar-refractivity contribution is 5.94. The van der Waals surface area contributed by atoms with E-state index < -0.39 is 0 Å². The van der Waals surface area contributed by atoms with E-state index in [1.54, 1.807) is 30.6 Å². The van der Waals surface area contributed by atoms with Crippen molar-refractivity contribution in [1.29, 1.82) is 0 Å². The molecule has 1 amide bonds. The molecule has 0 unspecified atom stereocenters. The number of hydrogen-bond donors (Lipinski definition) is 0. The Kier molecular flexibility index (Phi) is 6.89. The fourth-order valence-corrected chi connectivity index (χ4v) is 3.64. The summed E-state index contributed by atoms with van der Waals surface area (Å²) in [5.41, 5.74) is 2.39. The summed E-state index contributed by atoms with van der Waals surface area (Å²) < 4.78 is 24.8. The van der Waals surface area contributed by atoms with Gasteiger partial charge in [-0.15, -0.1) is 0 Å². The van der Waals surface area contributed by atoms with Crippen molar-refractivity contribution < 1.29 is 18.7 Å². The molecule has 1 aromatic heterocycles. The highest BCUT2D eigenvalue weighted by atomic mass is 19.1. The van der Waals surface area contributed by atoms with Gasteiger partial charge in [0, 0.05) is 37.7 Å². The maximum absolute atomic E-state index is 13.3. The van der Waals surface area contributed by atoms with Gasteiger partial charge in [-0.25, -0.2) is 4.39 Å². The molecule has 0 bridgehead atoms. The molecule has 0 aliphatic carbocycles. The van der Waals surface area contributed by atoms with Gasteiger partial charge < -0.3 is 14.4 Å². The Balaban J connectivity index is 1.41. The number of carbonyl (C=O) groups is 1.